The van der Waals surface area contributed by atoms with Crippen LogP contribution in [-0.2, 0) is 11.3 Å². The predicted octanol–water partition coefficient (Wildman–Crippen LogP) is 2.50. The van der Waals surface area contributed by atoms with Gasteiger partial charge in [0, 0.05) is 13.0 Å². The minimum absolute atomic E-state index is 0.0643. The average Bonchev–Trinajstić information content (AvgIpc) is 2.42. The quantitative estimate of drug-likeness (QED) is 0.863. The van der Waals surface area contributed by atoms with Crippen LogP contribution in [0.2, 0.25) is 0 Å². The zero-order valence-corrected chi connectivity index (χ0v) is 11.3. The minimum Gasteiger partial charge on any atom is -0.352 e. The molecule has 19 heavy (non-hydrogen) atoms. The molecule has 2 aromatic carbocycles. The van der Waals surface area contributed by atoms with E-state index in [0.29, 0.717) is 19.5 Å². The molecular weight excluding hydrogens is 236 g/mol. The highest BCUT2D eigenvalue weighted by Crippen LogP contribution is 2.17. The zero-order valence-electron chi connectivity index (χ0n) is 11.3. The van der Waals surface area contributed by atoms with Crippen molar-refractivity contribution in [3.05, 3.63) is 47.5 Å². The number of carbonyl (C=O) groups is 1. The highest BCUT2D eigenvalue weighted by Gasteiger charge is 2.01. The number of hydrogen-bond donors (Lipinski definition) is 2. The number of amides is 1. The van der Waals surface area contributed by atoms with Crippen molar-refractivity contribution in [1.82, 2.24) is 5.32 Å². The van der Waals surface area contributed by atoms with Crippen molar-refractivity contribution in [3.63, 3.8) is 0 Å². The van der Waals surface area contributed by atoms with Gasteiger partial charge in [-0.05, 0) is 42.3 Å². The lowest BCUT2D eigenvalue weighted by Gasteiger charge is -2.07. The lowest BCUT2D eigenvalue weighted by atomic mass is 10.0. The summed E-state index contributed by atoms with van der Waals surface area (Å²) in [6, 6.07) is 12.7. The Balaban J connectivity index is 2.01. The van der Waals surface area contributed by atoms with Gasteiger partial charge in [-0.15, -0.1) is 0 Å². The van der Waals surface area contributed by atoms with E-state index in [1.807, 2.05) is 0 Å². The molecule has 0 aliphatic carbocycles. The Bertz CT molecular complexity index is 578. The molecule has 0 unspecified atom stereocenters. The molecule has 3 heteroatoms. The van der Waals surface area contributed by atoms with Gasteiger partial charge in [-0.25, -0.2) is 0 Å². The number of aryl methyl sites for hydroxylation is 1. The van der Waals surface area contributed by atoms with Crippen LogP contribution in [0.4, 0.5) is 0 Å². The molecule has 0 fully saturated rings. The van der Waals surface area contributed by atoms with Crippen LogP contribution in [0.1, 0.15) is 24.0 Å². The molecule has 0 bridgehead atoms. The lowest BCUT2D eigenvalue weighted by molar-refractivity contribution is -0.121. The molecule has 3 nitrogen and oxygen atoms in total. The van der Waals surface area contributed by atoms with Crippen LogP contribution < -0.4 is 11.1 Å². The molecule has 0 heterocycles. The van der Waals surface area contributed by atoms with E-state index >= 15 is 0 Å². The first kappa shape index (κ1) is 13.6. The molecule has 0 spiro atoms. The molecule has 0 radical (unpaired) electrons. The van der Waals surface area contributed by atoms with E-state index in [2.05, 4.69) is 48.6 Å². The van der Waals surface area contributed by atoms with Crippen molar-refractivity contribution in [3.8, 4) is 0 Å². The maximum absolute atomic E-state index is 11.5. The summed E-state index contributed by atoms with van der Waals surface area (Å²) in [6.07, 6.45) is 1.24. The Kier molecular flexibility index (Phi) is 4.53. The highest BCUT2D eigenvalue weighted by atomic mass is 16.1. The highest BCUT2D eigenvalue weighted by molar-refractivity contribution is 5.84. The fraction of sp³-hybridized carbons (Fsp3) is 0.312. The Morgan fingerprint density at radius 2 is 1.89 bits per heavy atom. The number of hydrogen-bond acceptors (Lipinski definition) is 2. The van der Waals surface area contributed by atoms with Crippen molar-refractivity contribution >= 4 is 16.7 Å². The first-order chi connectivity index (χ1) is 9.19. The minimum atomic E-state index is 0.0643. The summed E-state index contributed by atoms with van der Waals surface area (Å²) in [4.78, 5) is 11.5. The Hall–Kier alpha value is -1.87. The van der Waals surface area contributed by atoms with Gasteiger partial charge in [0.05, 0.1) is 0 Å². The average molecular weight is 256 g/mol. The van der Waals surface area contributed by atoms with Gasteiger partial charge in [-0.3, -0.25) is 4.79 Å². The second-order valence-corrected chi connectivity index (χ2v) is 4.85. The van der Waals surface area contributed by atoms with Crippen LogP contribution in [0.15, 0.2) is 36.4 Å². The molecule has 0 saturated heterocycles. The number of benzene rings is 2. The lowest BCUT2D eigenvalue weighted by Crippen LogP contribution is -2.23. The number of rotatable bonds is 5. The van der Waals surface area contributed by atoms with Gasteiger partial charge >= 0.3 is 0 Å². The van der Waals surface area contributed by atoms with Gasteiger partial charge in [0.25, 0.3) is 0 Å². The van der Waals surface area contributed by atoms with Crippen molar-refractivity contribution in [2.24, 2.45) is 5.73 Å². The molecular formula is C16H20N2O. The third-order valence-electron chi connectivity index (χ3n) is 3.16. The smallest absolute Gasteiger partial charge is 0.220 e. The van der Waals surface area contributed by atoms with Crippen molar-refractivity contribution in [1.29, 1.82) is 0 Å². The van der Waals surface area contributed by atoms with E-state index in [4.69, 9.17) is 5.73 Å². The fourth-order valence-electron chi connectivity index (χ4n) is 2.08. The summed E-state index contributed by atoms with van der Waals surface area (Å²) >= 11 is 0. The number of carbonyl (C=O) groups excluding carboxylic acids is 1. The van der Waals surface area contributed by atoms with Crippen LogP contribution in [0.3, 0.4) is 0 Å². The largest absolute Gasteiger partial charge is 0.352 e. The standard InChI is InChI=1S/C16H20N2O/c1-12-4-6-15-10-13(5-7-14(15)9-12)11-18-16(19)3-2-8-17/h4-7,9-10H,2-3,8,11,17H2,1H3,(H,18,19). The van der Waals surface area contributed by atoms with E-state index < -0.39 is 0 Å². The Morgan fingerprint density at radius 3 is 2.68 bits per heavy atom. The summed E-state index contributed by atoms with van der Waals surface area (Å²) in [7, 11) is 0. The zero-order chi connectivity index (χ0) is 13.7. The SMILES string of the molecule is Cc1ccc2cc(CNC(=O)CCCN)ccc2c1. The summed E-state index contributed by atoms with van der Waals surface area (Å²) in [5.41, 5.74) is 7.76. The maximum atomic E-state index is 11.5. The molecule has 0 aromatic heterocycles. The van der Waals surface area contributed by atoms with Crippen LogP contribution in [0, 0.1) is 6.92 Å². The summed E-state index contributed by atoms with van der Waals surface area (Å²) in [6.45, 7) is 3.22. The molecule has 0 atom stereocenters. The van der Waals surface area contributed by atoms with Crippen LogP contribution in [0.5, 0.6) is 0 Å². The van der Waals surface area contributed by atoms with Gasteiger partial charge in [0.1, 0.15) is 0 Å². The first-order valence-corrected chi connectivity index (χ1v) is 6.65. The molecule has 3 N–H and O–H groups in total. The third kappa shape index (κ3) is 3.80. The van der Waals surface area contributed by atoms with Gasteiger partial charge in [-0.2, -0.15) is 0 Å². The molecule has 0 aliphatic rings. The van der Waals surface area contributed by atoms with Crippen LogP contribution in [-0.4, -0.2) is 12.5 Å². The summed E-state index contributed by atoms with van der Waals surface area (Å²) < 4.78 is 0. The van der Waals surface area contributed by atoms with Gasteiger partial charge in [0.15, 0.2) is 0 Å². The predicted molar refractivity (Wildman–Crippen MR) is 78.8 cm³/mol. The Morgan fingerprint density at radius 1 is 1.16 bits per heavy atom. The normalized spacial score (nSPS) is 10.6. The molecule has 1 amide bonds. The second-order valence-electron chi connectivity index (χ2n) is 4.85. The molecule has 0 aliphatic heterocycles. The van der Waals surface area contributed by atoms with E-state index in [9.17, 15) is 4.79 Å². The van der Waals surface area contributed by atoms with Crippen LogP contribution >= 0.6 is 0 Å². The van der Waals surface area contributed by atoms with E-state index in [0.717, 1.165) is 12.0 Å². The van der Waals surface area contributed by atoms with Crippen molar-refractivity contribution < 1.29 is 4.79 Å². The topological polar surface area (TPSA) is 55.1 Å². The second kappa shape index (κ2) is 6.34. The van der Waals surface area contributed by atoms with Crippen molar-refractivity contribution in [2.45, 2.75) is 26.3 Å². The van der Waals surface area contributed by atoms with Crippen LogP contribution in [0.25, 0.3) is 10.8 Å². The third-order valence-corrected chi connectivity index (χ3v) is 3.16. The van der Waals surface area contributed by atoms with Gasteiger partial charge < -0.3 is 11.1 Å². The monoisotopic (exact) mass is 256 g/mol. The first-order valence-electron chi connectivity index (χ1n) is 6.65. The molecule has 0 saturated carbocycles. The summed E-state index contributed by atoms with van der Waals surface area (Å²) in [5, 5.41) is 5.36. The van der Waals surface area contributed by atoms with E-state index in [-0.39, 0.29) is 5.91 Å². The van der Waals surface area contributed by atoms with Gasteiger partial charge in [0.2, 0.25) is 5.91 Å². The number of nitrogens with two attached hydrogens (primary N) is 1. The Labute approximate surface area is 113 Å². The summed E-state index contributed by atoms with van der Waals surface area (Å²) in [5.74, 6) is 0.0643. The number of nitrogens with one attached hydrogen (secondary N) is 1. The fourth-order valence-corrected chi connectivity index (χ4v) is 2.08. The number of fused-ring (bicyclic) bond motifs is 1. The van der Waals surface area contributed by atoms with Gasteiger partial charge in [-0.1, -0.05) is 35.9 Å². The van der Waals surface area contributed by atoms with Crippen molar-refractivity contribution in [2.75, 3.05) is 6.54 Å². The maximum Gasteiger partial charge on any atom is 0.220 e. The molecule has 2 rings (SSSR count). The molecule has 100 valence electrons. The molecule has 2 aromatic rings. The van der Waals surface area contributed by atoms with E-state index in [1.165, 1.54) is 16.3 Å². The van der Waals surface area contributed by atoms with E-state index in [1.54, 1.807) is 0 Å².